The quantitative estimate of drug-likeness (QED) is 0.599. The van der Waals surface area contributed by atoms with Crippen molar-refractivity contribution in [3.63, 3.8) is 0 Å². The summed E-state index contributed by atoms with van der Waals surface area (Å²) in [5.41, 5.74) is 1.60. The van der Waals surface area contributed by atoms with Gasteiger partial charge < -0.3 is 14.1 Å². The van der Waals surface area contributed by atoms with Crippen LogP contribution in [0.1, 0.15) is 30.7 Å². The SMILES string of the molecule is CCOc1ccc(N2CC(c3nnc(NC(=O)Cc4ccc(Cl)cc4)o3)CC2=O)cc1. The number of ether oxygens (including phenoxy) is 1. The molecule has 0 saturated carbocycles. The zero-order valence-electron chi connectivity index (χ0n) is 16.9. The lowest BCUT2D eigenvalue weighted by molar-refractivity contribution is -0.117. The summed E-state index contributed by atoms with van der Waals surface area (Å²) < 4.78 is 11.0. The van der Waals surface area contributed by atoms with Crippen molar-refractivity contribution < 1.29 is 18.7 Å². The summed E-state index contributed by atoms with van der Waals surface area (Å²) in [6.07, 6.45) is 0.413. The molecule has 1 aliphatic rings. The number of amides is 2. The van der Waals surface area contributed by atoms with E-state index < -0.39 is 0 Å². The van der Waals surface area contributed by atoms with Gasteiger partial charge in [-0.15, -0.1) is 5.10 Å². The lowest BCUT2D eigenvalue weighted by Crippen LogP contribution is -2.24. The van der Waals surface area contributed by atoms with Gasteiger partial charge in [0.1, 0.15) is 5.75 Å². The molecule has 1 N–H and O–H groups in total. The van der Waals surface area contributed by atoms with Crippen molar-refractivity contribution in [2.45, 2.75) is 25.7 Å². The number of nitrogens with zero attached hydrogens (tertiary/aromatic N) is 3. The van der Waals surface area contributed by atoms with Gasteiger partial charge in [0.2, 0.25) is 17.7 Å². The molecule has 0 bridgehead atoms. The largest absolute Gasteiger partial charge is 0.494 e. The van der Waals surface area contributed by atoms with Crippen LogP contribution in [0.25, 0.3) is 0 Å². The molecule has 1 fully saturated rings. The van der Waals surface area contributed by atoms with Gasteiger partial charge in [-0.25, -0.2) is 0 Å². The molecule has 0 radical (unpaired) electrons. The van der Waals surface area contributed by atoms with E-state index in [1.165, 1.54) is 0 Å². The van der Waals surface area contributed by atoms with Crippen LogP contribution in [0, 0.1) is 0 Å². The maximum Gasteiger partial charge on any atom is 0.322 e. The van der Waals surface area contributed by atoms with Crippen LogP contribution in [0.3, 0.4) is 0 Å². The minimum atomic E-state index is -0.281. The maximum atomic E-state index is 12.5. The standard InChI is InChI=1S/C22H21ClN4O4/c1-2-30-18-9-7-17(8-10-18)27-13-15(12-20(27)29)21-25-26-22(31-21)24-19(28)11-14-3-5-16(23)6-4-14/h3-10,15H,2,11-13H2,1H3,(H,24,26,28). The van der Waals surface area contributed by atoms with Crippen molar-refractivity contribution in [2.75, 3.05) is 23.4 Å². The highest BCUT2D eigenvalue weighted by Crippen LogP contribution is 2.32. The molecule has 8 nitrogen and oxygen atoms in total. The van der Waals surface area contributed by atoms with Gasteiger partial charge in [-0.3, -0.25) is 14.9 Å². The molecule has 160 valence electrons. The van der Waals surface area contributed by atoms with Crippen LogP contribution in [0.4, 0.5) is 11.7 Å². The van der Waals surface area contributed by atoms with Crippen molar-refractivity contribution >= 4 is 35.1 Å². The first kappa shape index (κ1) is 20.9. The average molecular weight is 441 g/mol. The molecule has 3 aromatic rings. The molecule has 2 aromatic carbocycles. The Balaban J connectivity index is 1.37. The molecule has 1 saturated heterocycles. The number of benzene rings is 2. The van der Waals surface area contributed by atoms with Crippen LogP contribution in [0.2, 0.25) is 5.02 Å². The van der Waals surface area contributed by atoms with Crippen LogP contribution in [0.5, 0.6) is 5.75 Å². The number of rotatable bonds is 7. The number of hydrogen-bond donors (Lipinski definition) is 1. The van der Waals surface area contributed by atoms with E-state index in [0.29, 0.717) is 24.1 Å². The number of aromatic nitrogens is 2. The zero-order chi connectivity index (χ0) is 21.8. The van der Waals surface area contributed by atoms with E-state index >= 15 is 0 Å². The molecule has 1 unspecified atom stereocenters. The summed E-state index contributed by atoms with van der Waals surface area (Å²) in [4.78, 5) is 26.4. The highest BCUT2D eigenvalue weighted by Gasteiger charge is 2.35. The van der Waals surface area contributed by atoms with Crippen molar-refractivity contribution in [1.82, 2.24) is 10.2 Å². The van der Waals surface area contributed by atoms with Crippen molar-refractivity contribution in [3.05, 3.63) is 65.0 Å². The summed E-state index contributed by atoms with van der Waals surface area (Å²) >= 11 is 5.86. The predicted octanol–water partition coefficient (Wildman–Crippen LogP) is 3.82. The van der Waals surface area contributed by atoms with Gasteiger partial charge in [0.15, 0.2) is 0 Å². The van der Waals surface area contributed by atoms with E-state index in [0.717, 1.165) is 17.0 Å². The zero-order valence-corrected chi connectivity index (χ0v) is 17.6. The Kier molecular flexibility index (Phi) is 6.18. The van der Waals surface area contributed by atoms with E-state index in [-0.39, 0.29) is 36.6 Å². The number of hydrogen-bond acceptors (Lipinski definition) is 6. The Hall–Kier alpha value is -3.39. The first-order valence-corrected chi connectivity index (χ1v) is 10.3. The van der Waals surface area contributed by atoms with Crippen molar-refractivity contribution in [1.29, 1.82) is 0 Å². The Bertz CT molecular complexity index is 1070. The second-order valence-electron chi connectivity index (χ2n) is 7.13. The van der Waals surface area contributed by atoms with Gasteiger partial charge in [0.25, 0.3) is 0 Å². The fourth-order valence-corrected chi connectivity index (χ4v) is 3.54. The molecule has 2 amide bonds. The van der Waals surface area contributed by atoms with Gasteiger partial charge in [-0.1, -0.05) is 28.8 Å². The molecule has 1 aliphatic heterocycles. The number of carbonyl (C=O) groups excluding carboxylic acids is 2. The molecule has 31 heavy (non-hydrogen) atoms. The van der Waals surface area contributed by atoms with Crippen LogP contribution in [-0.2, 0) is 16.0 Å². The fraction of sp³-hybridized carbons (Fsp3) is 0.273. The van der Waals surface area contributed by atoms with Crippen molar-refractivity contribution in [2.24, 2.45) is 0 Å². The summed E-state index contributed by atoms with van der Waals surface area (Å²) in [6.45, 7) is 2.92. The molecule has 4 rings (SSSR count). The Morgan fingerprint density at radius 2 is 1.94 bits per heavy atom. The highest BCUT2D eigenvalue weighted by molar-refractivity contribution is 6.30. The van der Waals surface area contributed by atoms with E-state index in [9.17, 15) is 9.59 Å². The molecular weight excluding hydrogens is 420 g/mol. The Labute approximate surface area is 184 Å². The predicted molar refractivity (Wildman–Crippen MR) is 115 cm³/mol. The highest BCUT2D eigenvalue weighted by atomic mass is 35.5. The van der Waals surface area contributed by atoms with E-state index in [2.05, 4.69) is 15.5 Å². The molecule has 9 heteroatoms. The molecule has 2 heterocycles. The lowest BCUT2D eigenvalue weighted by Gasteiger charge is -2.16. The fourth-order valence-electron chi connectivity index (χ4n) is 3.41. The van der Waals surface area contributed by atoms with Crippen LogP contribution in [-0.4, -0.2) is 35.2 Å². The van der Waals surface area contributed by atoms with Gasteiger partial charge in [-0.2, -0.15) is 0 Å². The van der Waals surface area contributed by atoms with Crippen LogP contribution >= 0.6 is 11.6 Å². The van der Waals surface area contributed by atoms with Gasteiger partial charge >= 0.3 is 6.01 Å². The first-order valence-electron chi connectivity index (χ1n) is 9.92. The third kappa shape index (κ3) is 5.03. The normalized spacial score (nSPS) is 15.9. The maximum absolute atomic E-state index is 12.5. The molecule has 1 atom stereocenters. The first-order chi connectivity index (χ1) is 15.0. The smallest absolute Gasteiger partial charge is 0.322 e. The molecular formula is C22H21ClN4O4. The Morgan fingerprint density at radius 1 is 1.19 bits per heavy atom. The van der Waals surface area contributed by atoms with E-state index in [1.807, 2.05) is 31.2 Å². The van der Waals surface area contributed by atoms with Gasteiger partial charge in [0.05, 0.1) is 18.9 Å². The van der Waals surface area contributed by atoms with Gasteiger partial charge in [-0.05, 0) is 48.9 Å². The van der Waals surface area contributed by atoms with Crippen LogP contribution in [0.15, 0.2) is 52.9 Å². The lowest BCUT2D eigenvalue weighted by atomic mass is 10.1. The summed E-state index contributed by atoms with van der Waals surface area (Å²) in [5.74, 6) is 0.527. The monoisotopic (exact) mass is 440 g/mol. The minimum Gasteiger partial charge on any atom is -0.494 e. The topological polar surface area (TPSA) is 97.6 Å². The number of carbonyl (C=O) groups is 2. The summed E-state index contributed by atoms with van der Waals surface area (Å²) in [5, 5.41) is 11.1. The number of anilines is 2. The van der Waals surface area contributed by atoms with Crippen LogP contribution < -0.4 is 15.0 Å². The third-order valence-corrected chi connectivity index (χ3v) is 5.15. The average Bonchev–Trinajstić information content (AvgIpc) is 3.37. The molecule has 1 aromatic heterocycles. The second kappa shape index (κ2) is 9.18. The molecule has 0 aliphatic carbocycles. The molecule has 0 spiro atoms. The number of halogens is 1. The van der Waals surface area contributed by atoms with Crippen molar-refractivity contribution in [3.8, 4) is 5.75 Å². The summed E-state index contributed by atoms with van der Waals surface area (Å²) in [6, 6.07) is 14.4. The number of nitrogens with one attached hydrogen (secondary N) is 1. The van der Waals surface area contributed by atoms with E-state index in [1.54, 1.807) is 29.2 Å². The third-order valence-electron chi connectivity index (χ3n) is 4.90. The second-order valence-corrected chi connectivity index (χ2v) is 7.57. The van der Waals surface area contributed by atoms with E-state index in [4.69, 9.17) is 20.8 Å². The minimum absolute atomic E-state index is 0.0147. The summed E-state index contributed by atoms with van der Waals surface area (Å²) in [7, 11) is 0. The Morgan fingerprint density at radius 3 is 2.65 bits per heavy atom. The van der Waals surface area contributed by atoms with Gasteiger partial charge in [0, 0.05) is 23.7 Å².